The molecule has 1 N–H and O–H groups in total. The predicted molar refractivity (Wildman–Crippen MR) is 111 cm³/mol. The van der Waals surface area contributed by atoms with Gasteiger partial charge in [-0.05, 0) is 37.8 Å². The van der Waals surface area contributed by atoms with Crippen LogP contribution in [0.25, 0.3) is 0 Å². The summed E-state index contributed by atoms with van der Waals surface area (Å²) in [7, 11) is 0. The highest BCUT2D eigenvalue weighted by atomic mass is 32.1. The topological polar surface area (TPSA) is 67.4 Å². The van der Waals surface area contributed by atoms with Gasteiger partial charge >= 0.3 is 0 Å². The van der Waals surface area contributed by atoms with Crippen molar-refractivity contribution in [3.05, 3.63) is 35.0 Å². The third-order valence-electron chi connectivity index (χ3n) is 5.62. The maximum atomic E-state index is 13.0. The maximum Gasteiger partial charge on any atom is 0.225 e. The Morgan fingerprint density at radius 1 is 1.36 bits per heavy atom. The number of hydrogen-bond acceptors (Lipinski definition) is 6. The molecule has 28 heavy (non-hydrogen) atoms. The van der Waals surface area contributed by atoms with Crippen LogP contribution in [-0.4, -0.2) is 40.5 Å². The van der Waals surface area contributed by atoms with Crippen molar-refractivity contribution in [1.29, 1.82) is 0 Å². The fourth-order valence-corrected chi connectivity index (χ4v) is 4.84. The number of carbonyl (C=O) groups is 1. The van der Waals surface area contributed by atoms with Crippen LogP contribution in [-0.2, 0) is 9.53 Å². The number of rotatable bonds is 4. The van der Waals surface area contributed by atoms with Crippen LogP contribution < -0.4 is 5.32 Å². The molecule has 2 aromatic rings. The van der Waals surface area contributed by atoms with Crippen molar-refractivity contribution < 1.29 is 9.53 Å². The normalized spacial score (nSPS) is 25.5. The molecular weight excluding hydrogens is 372 g/mol. The highest BCUT2D eigenvalue weighted by molar-refractivity contribution is 7.15. The lowest BCUT2D eigenvalue weighted by molar-refractivity contribution is -0.145. The quantitative estimate of drug-likeness (QED) is 0.828. The standard InChI is InChI=1S/C21H28N4O2S/c1-14-5-3-6-16(11-14)20(26)25-9-10-27-18(13-25)17-7-4-8-19(23-17)24-21-22-12-15(2)28-21/h4,7-8,12,14,16,18H,3,5-6,9-11,13H2,1-2H3,(H,22,23,24)/t14-,16+,18-/m0/s1. The van der Waals surface area contributed by atoms with E-state index < -0.39 is 0 Å². The average Bonchev–Trinajstić information content (AvgIpc) is 3.12. The number of aromatic nitrogens is 2. The molecule has 0 unspecified atom stereocenters. The van der Waals surface area contributed by atoms with Gasteiger partial charge < -0.3 is 15.0 Å². The first-order chi connectivity index (χ1) is 13.6. The molecule has 0 spiro atoms. The summed E-state index contributed by atoms with van der Waals surface area (Å²) < 4.78 is 5.97. The number of anilines is 2. The second kappa shape index (κ2) is 8.57. The van der Waals surface area contributed by atoms with E-state index >= 15 is 0 Å². The molecule has 7 heteroatoms. The number of morpholine rings is 1. The van der Waals surface area contributed by atoms with Crippen molar-refractivity contribution in [3.63, 3.8) is 0 Å². The number of amides is 1. The highest BCUT2D eigenvalue weighted by Gasteiger charge is 2.32. The summed E-state index contributed by atoms with van der Waals surface area (Å²) in [4.78, 5) is 25.2. The van der Waals surface area contributed by atoms with E-state index in [0.29, 0.717) is 31.5 Å². The zero-order valence-electron chi connectivity index (χ0n) is 16.6. The Labute approximate surface area is 170 Å². The SMILES string of the molecule is Cc1cnc(Nc2cccc([C@@H]3CN(C(=O)[C@@H]4CCC[C@H](C)C4)CCO3)n2)s1. The Kier molecular flexibility index (Phi) is 5.92. The van der Waals surface area contributed by atoms with Crippen molar-refractivity contribution in [2.75, 3.05) is 25.0 Å². The molecule has 0 radical (unpaired) electrons. The van der Waals surface area contributed by atoms with Gasteiger partial charge in [0, 0.05) is 23.5 Å². The van der Waals surface area contributed by atoms with E-state index in [1.54, 1.807) is 11.3 Å². The smallest absolute Gasteiger partial charge is 0.225 e. The molecule has 1 aliphatic heterocycles. The summed E-state index contributed by atoms with van der Waals surface area (Å²) in [5.74, 6) is 1.88. The molecule has 1 saturated heterocycles. The maximum absolute atomic E-state index is 13.0. The number of hydrogen-bond donors (Lipinski definition) is 1. The van der Waals surface area contributed by atoms with E-state index in [-0.39, 0.29) is 12.0 Å². The predicted octanol–water partition coefficient (Wildman–Crippen LogP) is 4.32. The summed E-state index contributed by atoms with van der Waals surface area (Å²) >= 11 is 1.60. The minimum absolute atomic E-state index is 0.177. The molecule has 2 aromatic heterocycles. The van der Waals surface area contributed by atoms with Crippen molar-refractivity contribution >= 4 is 28.2 Å². The molecule has 4 rings (SSSR count). The van der Waals surface area contributed by atoms with E-state index in [4.69, 9.17) is 9.72 Å². The van der Waals surface area contributed by atoms with Gasteiger partial charge in [-0.3, -0.25) is 4.79 Å². The van der Waals surface area contributed by atoms with Crippen molar-refractivity contribution in [2.45, 2.75) is 45.6 Å². The summed E-state index contributed by atoms with van der Waals surface area (Å²) in [5, 5.41) is 4.08. The summed E-state index contributed by atoms with van der Waals surface area (Å²) in [6.45, 7) is 6.10. The minimum Gasteiger partial charge on any atom is -0.368 e. The molecule has 1 aliphatic carbocycles. The van der Waals surface area contributed by atoms with Crippen LogP contribution in [0.3, 0.4) is 0 Å². The van der Waals surface area contributed by atoms with Crippen LogP contribution in [0.2, 0.25) is 0 Å². The third-order valence-corrected chi connectivity index (χ3v) is 6.45. The summed E-state index contributed by atoms with van der Waals surface area (Å²) in [6, 6.07) is 5.87. The van der Waals surface area contributed by atoms with Gasteiger partial charge in [0.2, 0.25) is 5.91 Å². The Morgan fingerprint density at radius 3 is 3.04 bits per heavy atom. The van der Waals surface area contributed by atoms with E-state index in [9.17, 15) is 4.79 Å². The van der Waals surface area contributed by atoms with Gasteiger partial charge in [-0.15, -0.1) is 11.3 Å². The van der Waals surface area contributed by atoms with Gasteiger partial charge in [-0.2, -0.15) is 0 Å². The first kappa shape index (κ1) is 19.3. The van der Waals surface area contributed by atoms with E-state index in [1.807, 2.05) is 36.2 Å². The van der Waals surface area contributed by atoms with Crippen molar-refractivity contribution in [3.8, 4) is 0 Å². The van der Waals surface area contributed by atoms with Crippen LogP contribution in [0.4, 0.5) is 10.9 Å². The molecule has 0 aromatic carbocycles. The van der Waals surface area contributed by atoms with E-state index in [0.717, 1.165) is 40.8 Å². The van der Waals surface area contributed by atoms with Crippen LogP contribution in [0, 0.1) is 18.8 Å². The van der Waals surface area contributed by atoms with Gasteiger partial charge in [0.15, 0.2) is 5.13 Å². The lowest BCUT2D eigenvalue weighted by atomic mass is 9.81. The van der Waals surface area contributed by atoms with Crippen LogP contribution in [0.15, 0.2) is 24.4 Å². The van der Waals surface area contributed by atoms with Crippen LogP contribution >= 0.6 is 11.3 Å². The average molecular weight is 401 g/mol. The lowest BCUT2D eigenvalue weighted by Crippen LogP contribution is -2.45. The first-order valence-corrected chi connectivity index (χ1v) is 11.0. The van der Waals surface area contributed by atoms with E-state index in [1.165, 1.54) is 6.42 Å². The Hall–Kier alpha value is -1.99. The molecule has 6 nitrogen and oxygen atoms in total. The molecule has 150 valence electrons. The molecule has 3 heterocycles. The van der Waals surface area contributed by atoms with Crippen molar-refractivity contribution in [2.24, 2.45) is 11.8 Å². The molecule has 3 atom stereocenters. The monoisotopic (exact) mass is 400 g/mol. The van der Waals surface area contributed by atoms with Gasteiger partial charge in [0.25, 0.3) is 0 Å². The number of nitrogens with one attached hydrogen (secondary N) is 1. The van der Waals surface area contributed by atoms with Crippen LogP contribution in [0.5, 0.6) is 0 Å². The number of pyridine rings is 1. The van der Waals surface area contributed by atoms with Crippen LogP contribution in [0.1, 0.15) is 49.3 Å². The van der Waals surface area contributed by atoms with Gasteiger partial charge in [-0.25, -0.2) is 9.97 Å². The first-order valence-electron chi connectivity index (χ1n) is 10.2. The van der Waals surface area contributed by atoms with Gasteiger partial charge in [-0.1, -0.05) is 25.8 Å². The molecular formula is C21H28N4O2S. The third kappa shape index (κ3) is 4.52. The summed E-state index contributed by atoms with van der Waals surface area (Å²) in [5.41, 5.74) is 0.854. The number of thiazole rings is 1. The summed E-state index contributed by atoms with van der Waals surface area (Å²) in [6.07, 6.45) is 6.12. The molecule has 2 aliphatic rings. The Balaban J connectivity index is 1.42. The molecule has 0 bridgehead atoms. The van der Waals surface area contributed by atoms with Gasteiger partial charge in [0.1, 0.15) is 11.9 Å². The largest absolute Gasteiger partial charge is 0.368 e. The van der Waals surface area contributed by atoms with Crippen molar-refractivity contribution in [1.82, 2.24) is 14.9 Å². The number of nitrogens with zero attached hydrogens (tertiary/aromatic N) is 3. The number of ether oxygens (including phenoxy) is 1. The lowest BCUT2D eigenvalue weighted by Gasteiger charge is -2.36. The molecule has 1 saturated carbocycles. The fraction of sp³-hybridized carbons (Fsp3) is 0.571. The minimum atomic E-state index is -0.182. The zero-order chi connectivity index (χ0) is 19.5. The Bertz CT molecular complexity index is 824. The highest BCUT2D eigenvalue weighted by Crippen LogP contribution is 2.31. The second-order valence-corrected chi connectivity index (χ2v) is 9.20. The van der Waals surface area contributed by atoms with E-state index in [2.05, 4.69) is 17.2 Å². The molecule has 2 fully saturated rings. The number of carbonyl (C=O) groups excluding carboxylic acids is 1. The second-order valence-electron chi connectivity index (χ2n) is 7.96. The fourth-order valence-electron chi connectivity index (χ4n) is 4.17. The van der Waals surface area contributed by atoms with Gasteiger partial charge in [0.05, 0.1) is 18.8 Å². The number of aryl methyl sites for hydroxylation is 1. The zero-order valence-corrected chi connectivity index (χ0v) is 17.4. The molecule has 1 amide bonds. The Morgan fingerprint density at radius 2 is 2.25 bits per heavy atom.